The lowest BCUT2D eigenvalue weighted by molar-refractivity contribution is -0.136. The van der Waals surface area contributed by atoms with Crippen LogP contribution in [-0.4, -0.2) is 44.5 Å². The lowest BCUT2D eigenvalue weighted by atomic mass is 10.1. The fourth-order valence-electron chi connectivity index (χ4n) is 2.26. The van der Waals surface area contributed by atoms with E-state index in [0.29, 0.717) is 18.0 Å². The highest BCUT2D eigenvalue weighted by atomic mass is 32.1. The number of benzene rings is 1. The number of hydrogen-bond acceptors (Lipinski definition) is 5. The van der Waals surface area contributed by atoms with Crippen LogP contribution in [0.5, 0.6) is 5.75 Å². The second kappa shape index (κ2) is 8.47. The Hall–Kier alpha value is -2.38. The topological polar surface area (TPSA) is 70.7 Å². The summed E-state index contributed by atoms with van der Waals surface area (Å²) in [4.78, 5) is 26.1. The second-order valence-corrected chi connectivity index (χ2v) is 6.18. The van der Waals surface area contributed by atoms with E-state index in [4.69, 9.17) is 4.74 Å². The first-order valence-electron chi connectivity index (χ1n) is 7.43. The number of nitrogens with one attached hydrogen (secondary N) is 2. The van der Waals surface area contributed by atoms with E-state index in [2.05, 4.69) is 10.6 Å². The van der Waals surface area contributed by atoms with Crippen LogP contribution >= 0.6 is 11.3 Å². The summed E-state index contributed by atoms with van der Waals surface area (Å²) in [5.41, 5.74) is 1.57. The number of ether oxygens (including phenoxy) is 1. The highest BCUT2D eigenvalue weighted by Gasteiger charge is 2.19. The number of methoxy groups -OCH3 is 1. The summed E-state index contributed by atoms with van der Waals surface area (Å²) < 4.78 is 5.15. The summed E-state index contributed by atoms with van der Waals surface area (Å²) in [5, 5.41) is 9.26. The van der Waals surface area contributed by atoms with Gasteiger partial charge in [-0.2, -0.15) is 11.3 Å². The number of carbonyl (C=O) groups is 2. The van der Waals surface area contributed by atoms with Crippen molar-refractivity contribution in [1.29, 1.82) is 0 Å². The van der Waals surface area contributed by atoms with Gasteiger partial charge in [-0.15, -0.1) is 0 Å². The number of hydrogen-bond donors (Lipinski definition) is 2. The van der Waals surface area contributed by atoms with E-state index in [1.807, 2.05) is 35.8 Å². The molecule has 0 bridgehead atoms. The highest BCUT2D eigenvalue weighted by molar-refractivity contribution is 7.07. The molecule has 0 spiro atoms. The molecular formula is C17H21N3O3S. The van der Waals surface area contributed by atoms with Crippen molar-refractivity contribution in [3.05, 3.63) is 46.7 Å². The summed E-state index contributed by atoms with van der Waals surface area (Å²) in [6, 6.07) is 8.96. The number of anilines is 1. The van der Waals surface area contributed by atoms with E-state index in [0.717, 1.165) is 5.56 Å². The third kappa shape index (κ3) is 4.56. The first kappa shape index (κ1) is 18.0. The SMILES string of the molecule is COc1ccccc1NC(=O)C(=O)NC[C@@H](c1ccsc1)N(C)C. The van der Waals surface area contributed by atoms with Crippen molar-refractivity contribution >= 4 is 28.8 Å². The van der Waals surface area contributed by atoms with Gasteiger partial charge in [0.25, 0.3) is 0 Å². The van der Waals surface area contributed by atoms with Crippen molar-refractivity contribution < 1.29 is 14.3 Å². The summed E-state index contributed by atoms with van der Waals surface area (Å²) in [6.45, 7) is 0.349. The van der Waals surface area contributed by atoms with Crippen molar-refractivity contribution in [2.75, 3.05) is 33.1 Å². The average Bonchev–Trinajstić information content (AvgIpc) is 3.09. The summed E-state index contributed by atoms with van der Waals surface area (Å²) in [7, 11) is 5.38. The van der Waals surface area contributed by atoms with Crippen LogP contribution in [-0.2, 0) is 9.59 Å². The molecular weight excluding hydrogens is 326 g/mol. The Kier molecular flexibility index (Phi) is 6.34. The molecule has 2 rings (SSSR count). The Bertz CT molecular complexity index is 686. The van der Waals surface area contributed by atoms with Crippen molar-refractivity contribution in [1.82, 2.24) is 10.2 Å². The number of thiophene rings is 1. The Balaban J connectivity index is 1.95. The highest BCUT2D eigenvalue weighted by Crippen LogP contribution is 2.23. The zero-order chi connectivity index (χ0) is 17.5. The summed E-state index contributed by atoms with van der Waals surface area (Å²) >= 11 is 1.60. The van der Waals surface area contributed by atoms with Gasteiger partial charge in [-0.1, -0.05) is 12.1 Å². The number of nitrogens with zero attached hydrogens (tertiary/aromatic N) is 1. The fraction of sp³-hybridized carbons (Fsp3) is 0.294. The van der Waals surface area contributed by atoms with Crippen molar-refractivity contribution in [2.45, 2.75) is 6.04 Å². The monoisotopic (exact) mass is 347 g/mol. The van der Waals surface area contributed by atoms with E-state index < -0.39 is 11.8 Å². The third-order valence-electron chi connectivity index (χ3n) is 3.57. The molecule has 0 saturated heterocycles. The van der Waals surface area contributed by atoms with Crippen LogP contribution in [0.3, 0.4) is 0 Å². The van der Waals surface area contributed by atoms with Gasteiger partial charge in [0.1, 0.15) is 5.75 Å². The maximum Gasteiger partial charge on any atom is 0.313 e. The molecule has 1 heterocycles. The van der Waals surface area contributed by atoms with Crippen LogP contribution in [0.2, 0.25) is 0 Å². The van der Waals surface area contributed by atoms with Crippen LogP contribution in [0.15, 0.2) is 41.1 Å². The summed E-state index contributed by atoms with van der Waals surface area (Å²) in [5.74, 6) is -0.895. The average molecular weight is 347 g/mol. The minimum absolute atomic E-state index is 0.0132. The smallest absolute Gasteiger partial charge is 0.313 e. The maximum absolute atomic E-state index is 12.1. The predicted molar refractivity (Wildman–Crippen MR) is 95.4 cm³/mol. The molecule has 1 atom stereocenters. The van der Waals surface area contributed by atoms with Gasteiger partial charge >= 0.3 is 11.8 Å². The Morgan fingerprint density at radius 2 is 1.96 bits per heavy atom. The predicted octanol–water partition coefficient (Wildman–Crippen LogP) is 2.11. The second-order valence-electron chi connectivity index (χ2n) is 5.40. The molecule has 2 aromatic rings. The molecule has 0 fully saturated rings. The zero-order valence-corrected chi connectivity index (χ0v) is 14.7. The van der Waals surface area contributed by atoms with Crippen LogP contribution < -0.4 is 15.4 Å². The zero-order valence-electron chi connectivity index (χ0n) is 13.9. The maximum atomic E-state index is 12.1. The van der Waals surface area contributed by atoms with E-state index in [9.17, 15) is 9.59 Å². The molecule has 128 valence electrons. The fourth-order valence-corrected chi connectivity index (χ4v) is 2.97. The molecule has 2 N–H and O–H groups in total. The molecule has 7 heteroatoms. The minimum Gasteiger partial charge on any atom is -0.495 e. The van der Waals surface area contributed by atoms with Gasteiger partial charge in [0.05, 0.1) is 18.8 Å². The van der Waals surface area contributed by atoms with Crippen molar-refractivity contribution in [3.63, 3.8) is 0 Å². The molecule has 2 amide bonds. The van der Waals surface area contributed by atoms with Gasteiger partial charge < -0.3 is 20.3 Å². The van der Waals surface area contributed by atoms with Gasteiger partial charge in [-0.3, -0.25) is 9.59 Å². The van der Waals surface area contributed by atoms with E-state index in [-0.39, 0.29) is 6.04 Å². The van der Waals surface area contributed by atoms with Crippen molar-refractivity contribution in [2.24, 2.45) is 0 Å². The molecule has 0 radical (unpaired) electrons. The number of likely N-dealkylation sites (N-methyl/N-ethyl adjacent to an activating group) is 1. The number of para-hydroxylation sites is 2. The molecule has 1 aromatic heterocycles. The molecule has 0 unspecified atom stereocenters. The van der Waals surface area contributed by atoms with Crippen LogP contribution in [0.25, 0.3) is 0 Å². The Morgan fingerprint density at radius 3 is 2.58 bits per heavy atom. The van der Waals surface area contributed by atoms with Gasteiger partial charge in [0.15, 0.2) is 0 Å². The molecule has 0 aliphatic heterocycles. The van der Waals surface area contributed by atoms with Crippen molar-refractivity contribution in [3.8, 4) is 5.75 Å². The first-order chi connectivity index (χ1) is 11.5. The lowest BCUT2D eigenvalue weighted by Crippen LogP contribution is -2.40. The van der Waals surface area contributed by atoms with Gasteiger partial charge in [0.2, 0.25) is 0 Å². The molecule has 24 heavy (non-hydrogen) atoms. The van der Waals surface area contributed by atoms with Gasteiger partial charge in [0, 0.05) is 6.54 Å². The molecule has 1 aromatic carbocycles. The third-order valence-corrected chi connectivity index (χ3v) is 4.27. The standard InChI is InChI=1S/C17H21N3O3S/c1-20(2)14(12-8-9-24-11-12)10-18-16(21)17(22)19-13-6-4-5-7-15(13)23-3/h4-9,11,14H,10H2,1-3H3,(H,18,21)(H,19,22)/t14-/m0/s1. The van der Waals surface area contributed by atoms with Crippen LogP contribution in [0.1, 0.15) is 11.6 Å². The van der Waals surface area contributed by atoms with Gasteiger partial charge in [-0.25, -0.2) is 0 Å². The number of amides is 2. The van der Waals surface area contributed by atoms with E-state index in [1.165, 1.54) is 7.11 Å². The Morgan fingerprint density at radius 1 is 1.21 bits per heavy atom. The summed E-state index contributed by atoms with van der Waals surface area (Å²) in [6.07, 6.45) is 0. The minimum atomic E-state index is -0.720. The molecule has 0 aliphatic carbocycles. The molecule has 6 nitrogen and oxygen atoms in total. The lowest BCUT2D eigenvalue weighted by Gasteiger charge is -2.23. The normalized spacial score (nSPS) is 11.8. The number of rotatable bonds is 6. The van der Waals surface area contributed by atoms with E-state index in [1.54, 1.807) is 35.6 Å². The largest absolute Gasteiger partial charge is 0.495 e. The molecule has 0 aliphatic rings. The van der Waals surface area contributed by atoms with Crippen LogP contribution in [0, 0.1) is 0 Å². The number of carbonyl (C=O) groups excluding carboxylic acids is 2. The quantitative estimate of drug-likeness (QED) is 0.785. The van der Waals surface area contributed by atoms with Crippen LogP contribution in [0.4, 0.5) is 5.69 Å². The van der Waals surface area contributed by atoms with E-state index >= 15 is 0 Å². The molecule has 0 saturated carbocycles. The Labute approximate surface area is 145 Å². The first-order valence-corrected chi connectivity index (χ1v) is 8.38. The van der Waals surface area contributed by atoms with Gasteiger partial charge in [-0.05, 0) is 48.6 Å².